The molecule has 0 amide bonds. The van der Waals surface area contributed by atoms with Crippen molar-refractivity contribution in [3.63, 3.8) is 0 Å². The van der Waals surface area contributed by atoms with Crippen LogP contribution in [0.1, 0.15) is 20.8 Å². The van der Waals surface area contributed by atoms with Crippen molar-refractivity contribution < 1.29 is 37.4 Å². The van der Waals surface area contributed by atoms with Gasteiger partial charge in [0.25, 0.3) is 0 Å². The number of rotatable bonds is 1. The van der Waals surface area contributed by atoms with Gasteiger partial charge in [-0.15, -0.1) is 19.6 Å². The van der Waals surface area contributed by atoms with Gasteiger partial charge >= 0.3 is 0 Å². The Hall–Kier alpha value is -0.0761. The fraction of sp³-hybridized carbons (Fsp3) is 0.455. The third kappa shape index (κ3) is 5.61. The Kier molecular flexibility index (Phi) is 12.9. The number of morpholine rings is 1. The van der Waals surface area contributed by atoms with E-state index in [9.17, 15) is 0 Å². The molecule has 0 aromatic carbocycles. The summed E-state index contributed by atoms with van der Waals surface area (Å²) >= 11 is 0. The van der Waals surface area contributed by atoms with Crippen LogP contribution in [0.25, 0.3) is 0 Å². The molecule has 1 heterocycles. The van der Waals surface area contributed by atoms with Gasteiger partial charge < -0.3 is 10.1 Å². The Morgan fingerprint density at radius 1 is 1.50 bits per heavy atom. The Morgan fingerprint density at radius 3 is 2.64 bits per heavy atom. The van der Waals surface area contributed by atoms with Gasteiger partial charge in [0.1, 0.15) is 0 Å². The van der Waals surface area contributed by atoms with Crippen molar-refractivity contribution in [2.45, 2.75) is 20.8 Å². The Balaban J connectivity index is 0. The molecule has 1 aliphatic heterocycles. The number of hydrogen-bond donors (Lipinski definition) is 1. The first-order valence-electron chi connectivity index (χ1n) is 4.63. The van der Waals surface area contributed by atoms with E-state index < -0.39 is 0 Å². The van der Waals surface area contributed by atoms with E-state index in [1.165, 1.54) is 0 Å². The van der Waals surface area contributed by atoms with Crippen molar-refractivity contribution in [1.29, 1.82) is 0 Å². The minimum Gasteiger partial charge on any atom is -0.528 e. The molecule has 0 spiro atoms. The maximum atomic E-state index is 5.32. The SMILES string of the molecule is C=C/C=C1/NCCOC1=[C-]C.CC.[Y]. The Bertz CT molecular complexity index is 209. The quantitative estimate of drug-likeness (QED) is 0.738. The summed E-state index contributed by atoms with van der Waals surface area (Å²) in [5, 5.41) is 3.19. The summed E-state index contributed by atoms with van der Waals surface area (Å²) in [4.78, 5) is 0. The molecule has 0 unspecified atom stereocenters. The van der Waals surface area contributed by atoms with Gasteiger partial charge in [0.15, 0.2) is 0 Å². The van der Waals surface area contributed by atoms with Crippen LogP contribution in [0, 0.1) is 6.08 Å². The first kappa shape index (κ1) is 16.4. The molecule has 0 saturated carbocycles. The topological polar surface area (TPSA) is 21.3 Å². The fourth-order valence-electron chi connectivity index (χ4n) is 0.956. The minimum absolute atomic E-state index is 0. The normalized spacial score (nSPS) is 19.6. The standard InChI is InChI=1S/C9H12NO.C2H6.Y/c1-3-5-8-9(4-2)11-7-6-10-8;1-2;/h3,5,10H,1,6-7H2,2H3;1-2H3;/q-1;;/b8-5+;;. The first-order chi connectivity index (χ1) is 6.38. The molecule has 14 heavy (non-hydrogen) atoms. The smallest absolute Gasteiger partial charge is 0.0995 e. The van der Waals surface area contributed by atoms with Crippen molar-refractivity contribution in [3.05, 3.63) is 36.3 Å². The second kappa shape index (κ2) is 11.0. The van der Waals surface area contributed by atoms with Gasteiger partial charge in [-0.3, -0.25) is 0 Å². The predicted octanol–water partition coefficient (Wildman–Crippen LogP) is 2.41. The number of ether oxygens (including phenoxy) is 1. The van der Waals surface area contributed by atoms with Gasteiger partial charge in [-0.05, 0) is 5.76 Å². The van der Waals surface area contributed by atoms with Crippen molar-refractivity contribution in [3.8, 4) is 0 Å². The van der Waals surface area contributed by atoms with Crippen LogP contribution >= 0.6 is 0 Å². The van der Waals surface area contributed by atoms with E-state index in [1.807, 2.05) is 26.8 Å². The van der Waals surface area contributed by atoms with Crippen LogP contribution in [-0.4, -0.2) is 13.2 Å². The molecule has 1 aliphatic rings. The van der Waals surface area contributed by atoms with E-state index in [0.717, 1.165) is 18.0 Å². The zero-order valence-electron chi connectivity index (χ0n) is 9.26. The van der Waals surface area contributed by atoms with E-state index in [0.29, 0.717) is 6.61 Å². The molecule has 1 rings (SSSR count). The zero-order chi connectivity index (χ0) is 10.1. The van der Waals surface area contributed by atoms with Gasteiger partial charge in [-0.1, -0.05) is 25.6 Å². The van der Waals surface area contributed by atoms with Crippen molar-refractivity contribution in [2.24, 2.45) is 0 Å². The molecular formula is C11H18NOY-. The van der Waals surface area contributed by atoms with Crippen LogP contribution in [-0.2, 0) is 37.4 Å². The van der Waals surface area contributed by atoms with Gasteiger partial charge in [-0.2, -0.15) is 0 Å². The van der Waals surface area contributed by atoms with Crippen LogP contribution in [0.15, 0.2) is 30.2 Å². The zero-order valence-corrected chi connectivity index (χ0v) is 12.1. The fourth-order valence-corrected chi connectivity index (χ4v) is 0.956. The van der Waals surface area contributed by atoms with E-state index >= 15 is 0 Å². The van der Waals surface area contributed by atoms with E-state index in [1.54, 1.807) is 6.08 Å². The molecule has 0 aromatic rings. The molecule has 1 N–H and O–H groups in total. The molecule has 0 bridgehead atoms. The summed E-state index contributed by atoms with van der Waals surface area (Å²) in [5.74, 6) is 0.788. The average Bonchev–Trinajstić information content (AvgIpc) is 2.22. The summed E-state index contributed by atoms with van der Waals surface area (Å²) in [6.45, 7) is 11.0. The molecular weight excluding hydrogens is 251 g/mol. The van der Waals surface area contributed by atoms with Gasteiger partial charge in [-0.25, -0.2) is 6.08 Å². The largest absolute Gasteiger partial charge is 0.528 e. The van der Waals surface area contributed by atoms with Crippen molar-refractivity contribution >= 4 is 0 Å². The van der Waals surface area contributed by atoms with Crippen LogP contribution in [0.2, 0.25) is 0 Å². The van der Waals surface area contributed by atoms with Crippen LogP contribution in [0.5, 0.6) is 0 Å². The number of hydrogen-bond acceptors (Lipinski definition) is 2. The molecule has 1 radical (unpaired) electrons. The summed E-state index contributed by atoms with van der Waals surface area (Å²) in [5.41, 5.74) is 0.966. The summed E-state index contributed by atoms with van der Waals surface area (Å²) in [7, 11) is 0. The van der Waals surface area contributed by atoms with Crippen LogP contribution < -0.4 is 5.32 Å². The molecule has 1 saturated heterocycles. The maximum Gasteiger partial charge on any atom is 0.0995 e. The second-order valence-electron chi connectivity index (χ2n) is 2.17. The van der Waals surface area contributed by atoms with Gasteiger partial charge in [0.2, 0.25) is 0 Å². The summed E-state index contributed by atoms with van der Waals surface area (Å²) in [6.07, 6.45) is 6.57. The van der Waals surface area contributed by atoms with Crippen molar-refractivity contribution in [2.75, 3.05) is 13.2 Å². The molecule has 1 fully saturated rings. The van der Waals surface area contributed by atoms with Gasteiger partial charge in [0, 0.05) is 39.3 Å². The van der Waals surface area contributed by atoms with Crippen LogP contribution in [0.3, 0.4) is 0 Å². The maximum absolute atomic E-state index is 5.32. The average molecular weight is 269 g/mol. The summed E-state index contributed by atoms with van der Waals surface area (Å²) < 4.78 is 5.32. The molecule has 2 nitrogen and oxygen atoms in total. The van der Waals surface area contributed by atoms with E-state index in [-0.39, 0.29) is 32.7 Å². The van der Waals surface area contributed by atoms with Crippen LogP contribution in [0.4, 0.5) is 0 Å². The molecule has 0 aromatic heterocycles. The van der Waals surface area contributed by atoms with E-state index in [4.69, 9.17) is 4.74 Å². The second-order valence-corrected chi connectivity index (χ2v) is 2.17. The van der Waals surface area contributed by atoms with Crippen molar-refractivity contribution in [1.82, 2.24) is 5.32 Å². The molecule has 3 heteroatoms. The monoisotopic (exact) mass is 269 g/mol. The Morgan fingerprint density at radius 2 is 2.14 bits per heavy atom. The van der Waals surface area contributed by atoms with Gasteiger partial charge in [0.05, 0.1) is 6.61 Å². The molecule has 0 aliphatic carbocycles. The molecule has 77 valence electrons. The third-order valence-electron chi connectivity index (χ3n) is 1.42. The summed E-state index contributed by atoms with van der Waals surface area (Å²) in [6, 6.07) is 0. The minimum atomic E-state index is 0. The Labute approximate surface area is 112 Å². The third-order valence-corrected chi connectivity index (χ3v) is 1.42. The molecule has 0 atom stereocenters. The number of allylic oxidation sites excluding steroid dienone is 3. The first-order valence-corrected chi connectivity index (χ1v) is 4.63. The predicted molar refractivity (Wildman–Crippen MR) is 56.0 cm³/mol. The number of nitrogens with one attached hydrogen (secondary N) is 1. The van der Waals surface area contributed by atoms with E-state index in [2.05, 4.69) is 18.0 Å².